The molecule has 3 rings (SSSR count). The molecular formula is C19H22N2O2. The molecule has 120 valence electrons. The summed E-state index contributed by atoms with van der Waals surface area (Å²) in [5.41, 5.74) is 3.54. The van der Waals surface area contributed by atoms with Gasteiger partial charge in [0, 0.05) is 20.0 Å². The van der Waals surface area contributed by atoms with Gasteiger partial charge in [0.25, 0.3) is 0 Å². The highest BCUT2D eigenvalue weighted by Crippen LogP contribution is 2.26. The minimum Gasteiger partial charge on any atom is -0.493 e. The lowest BCUT2D eigenvalue weighted by molar-refractivity contribution is -0.122. The van der Waals surface area contributed by atoms with Gasteiger partial charge in [0.1, 0.15) is 11.8 Å². The molecule has 1 aliphatic rings. The third kappa shape index (κ3) is 3.71. The van der Waals surface area contributed by atoms with Gasteiger partial charge in [0.15, 0.2) is 0 Å². The molecule has 0 unspecified atom stereocenters. The maximum atomic E-state index is 12.1. The van der Waals surface area contributed by atoms with Crippen molar-refractivity contribution < 1.29 is 9.53 Å². The zero-order valence-electron chi connectivity index (χ0n) is 13.3. The van der Waals surface area contributed by atoms with Crippen LogP contribution in [0.3, 0.4) is 0 Å². The van der Waals surface area contributed by atoms with Crippen molar-refractivity contribution in [1.82, 2.24) is 10.6 Å². The number of amides is 1. The summed E-state index contributed by atoms with van der Waals surface area (Å²) in [6, 6.07) is 15.8. The van der Waals surface area contributed by atoms with Gasteiger partial charge in [-0.2, -0.15) is 0 Å². The number of benzene rings is 2. The second kappa shape index (κ2) is 7.29. The zero-order valence-corrected chi connectivity index (χ0v) is 13.3. The van der Waals surface area contributed by atoms with E-state index in [1.165, 1.54) is 11.1 Å². The van der Waals surface area contributed by atoms with Crippen molar-refractivity contribution in [2.45, 2.75) is 18.9 Å². The fraction of sp³-hybridized carbons (Fsp3) is 0.316. The molecule has 0 radical (unpaired) electrons. The van der Waals surface area contributed by atoms with E-state index in [1.54, 1.807) is 7.05 Å². The predicted molar refractivity (Wildman–Crippen MR) is 90.6 cm³/mol. The Balaban J connectivity index is 1.62. The van der Waals surface area contributed by atoms with Crippen molar-refractivity contribution in [2.24, 2.45) is 0 Å². The van der Waals surface area contributed by atoms with Crippen LogP contribution in [0.25, 0.3) is 0 Å². The lowest BCUT2D eigenvalue weighted by Gasteiger charge is -2.17. The molecule has 0 fully saturated rings. The molecule has 0 bridgehead atoms. The molecule has 1 atom stereocenters. The average molecular weight is 310 g/mol. The van der Waals surface area contributed by atoms with E-state index in [2.05, 4.69) is 22.8 Å². The van der Waals surface area contributed by atoms with E-state index in [1.807, 2.05) is 36.4 Å². The minimum absolute atomic E-state index is 0.0152. The standard InChI is InChI=1S/C19H22N2O2/c1-20-19(22)18(15-5-3-2-4-6-15)21-11-9-14-7-8-17-16(13-14)10-12-23-17/h2-8,13,18,21H,9-12H2,1H3,(H,20,22)/t18-/m0/s1. The summed E-state index contributed by atoms with van der Waals surface area (Å²) in [7, 11) is 1.67. The van der Waals surface area contributed by atoms with Gasteiger partial charge in [-0.05, 0) is 29.2 Å². The molecule has 1 heterocycles. The fourth-order valence-corrected chi connectivity index (χ4v) is 2.91. The Morgan fingerprint density at radius 2 is 2.04 bits per heavy atom. The highest BCUT2D eigenvalue weighted by Gasteiger charge is 2.18. The van der Waals surface area contributed by atoms with E-state index in [0.717, 1.165) is 37.3 Å². The van der Waals surface area contributed by atoms with Crippen molar-refractivity contribution in [3.8, 4) is 5.75 Å². The van der Waals surface area contributed by atoms with E-state index in [-0.39, 0.29) is 11.9 Å². The lowest BCUT2D eigenvalue weighted by atomic mass is 10.0. The highest BCUT2D eigenvalue weighted by molar-refractivity contribution is 5.82. The number of carbonyl (C=O) groups excluding carboxylic acids is 1. The van der Waals surface area contributed by atoms with Gasteiger partial charge in [-0.1, -0.05) is 42.5 Å². The first-order valence-corrected chi connectivity index (χ1v) is 8.02. The van der Waals surface area contributed by atoms with Crippen LogP contribution in [0.1, 0.15) is 22.7 Å². The molecule has 0 spiro atoms. The van der Waals surface area contributed by atoms with E-state index < -0.39 is 0 Å². The number of hydrogen-bond donors (Lipinski definition) is 2. The van der Waals surface area contributed by atoms with E-state index >= 15 is 0 Å². The van der Waals surface area contributed by atoms with E-state index in [4.69, 9.17) is 4.74 Å². The van der Waals surface area contributed by atoms with Crippen LogP contribution < -0.4 is 15.4 Å². The van der Waals surface area contributed by atoms with Crippen LogP contribution in [0, 0.1) is 0 Å². The minimum atomic E-state index is -0.320. The van der Waals surface area contributed by atoms with Gasteiger partial charge in [-0.15, -0.1) is 0 Å². The summed E-state index contributed by atoms with van der Waals surface area (Å²) in [6.07, 6.45) is 1.87. The lowest BCUT2D eigenvalue weighted by Crippen LogP contribution is -2.36. The largest absolute Gasteiger partial charge is 0.493 e. The normalized spacial score (nSPS) is 14.0. The summed E-state index contributed by atoms with van der Waals surface area (Å²) in [5.74, 6) is 0.993. The van der Waals surface area contributed by atoms with Crippen molar-refractivity contribution in [3.05, 3.63) is 65.2 Å². The molecule has 23 heavy (non-hydrogen) atoms. The maximum Gasteiger partial charge on any atom is 0.241 e. The zero-order chi connectivity index (χ0) is 16.1. The maximum absolute atomic E-state index is 12.1. The van der Waals surface area contributed by atoms with Gasteiger partial charge in [-0.25, -0.2) is 0 Å². The summed E-state index contributed by atoms with van der Waals surface area (Å²) < 4.78 is 5.53. The SMILES string of the molecule is CNC(=O)[C@@H](NCCc1ccc2c(c1)CCO2)c1ccccc1. The molecule has 2 aromatic rings. The van der Waals surface area contributed by atoms with Crippen LogP contribution in [-0.4, -0.2) is 26.1 Å². The van der Waals surface area contributed by atoms with Gasteiger partial charge in [-0.3, -0.25) is 4.79 Å². The molecule has 2 aromatic carbocycles. The Labute approximate surface area is 136 Å². The third-order valence-electron chi connectivity index (χ3n) is 4.16. The van der Waals surface area contributed by atoms with Crippen molar-refractivity contribution in [1.29, 1.82) is 0 Å². The Kier molecular flexibility index (Phi) is 4.93. The summed E-state index contributed by atoms with van der Waals surface area (Å²) >= 11 is 0. The summed E-state index contributed by atoms with van der Waals surface area (Å²) in [6.45, 7) is 1.52. The molecule has 0 aliphatic carbocycles. The first-order chi connectivity index (χ1) is 11.3. The molecule has 1 amide bonds. The molecular weight excluding hydrogens is 288 g/mol. The van der Waals surface area contributed by atoms with Gasteiger partial charge in [0.2, 0.25) is 5.91 Å². The second-order valence-electron chi connectivity index (χ2n) is 5.70. The summed E-state index contributed by atoms with van der Waals surface area (Å²) in [5, 5.41) is 6.09. The monoisotopic (exact) mass is 310 g/mol. The molecule has 2 N–H and O–H groups in total. The molecule has 0 aromatic heterocycles. The number of rotatable bonds is 6. The second-order valence-corrected chi connectivity index (χ2v) is 5.70. The van der Waals surface area contributed by atoms with Gasteiger partial charge >= 0.3 is 0 Å². The Morgan fingerprint density at radius 1 is 1.22 bits per heavy atom. The first-order valence-electron chi connectivity index (χ1n) is 8.02. The molecule has 0 saturated heterocycles. The Hall–Kier alpha value is -2.33. The number of hydrogen-bond acceptors (Lipinski definition) is 3. The molecule has 4 nitrogen and oxygen atoms in total. The van der Waals surface area contributed by atoms with Crippen LogP contribution >= 0.6 is 0 Å². The average Bonchev–Trinajstić information content (AvgIpc) is 3.06. The van der Waals surface area contributed by atoms with Crippen molar-refractivity contribution >= 4 is 5.91 Å². The Bertz CT molecular complexity index is 670. The summed E-state index contributed by atoms with van der Waals surface area (Å²) in [4.78, 5) is 12.1. The van der Waals surface area contributed by atoms with Crippen molar-refractivity contribution in [3.63, 3.8) is 0 Å². The predicted octanol–water partition coefficient (Wildman–Crippen LogP) is 2.24. The van der Waals surface area contributed by atoms with Crippen LogP contribution in [0.5, 0.6) is 5.75 Å². The van der Waals surface area contributed by atoms with Crippen LogP contribution in [-0.2, 0) is 17.6 Å². The number of nitrogens with one attached hydrogen (secondary N) is 2. The molecule has 1 aliphatic heterocycles. The van der Waals surface area contributed by atoms with Crippen LogP contribution in [0.15, 0.2) is 48.5 Å². The van der Waals surface area contributed by atoms with E-state index in [0.29, 0.717) is 0 Å². The topological polar surface area (TPSA) is 50.4 Å². The number of fused-ring (bicyclic) bond motifs is 1. The first kappa shape index (κ1) is 15.6. The highest BCUT2D eigenvalue weighted by atomic mass is 16.5. The fourth-order valence-electron chi connectivity index (χ4n) is 2.91. The van der Waals surface area contributed by atoms with Gasteiger partial charge in [0.05, 0.1) is 6.61 Å². The number of ether oxygens (including phenoxy) is 1. The number of likely N-dealkylation sites (N-methyl/N-ethyl adjacent to an activating group) is 1. The van der Waals surface area contributed by atoms with E-state index in [9.17, 15) is 4.79 Å². The van der Waals surface area contributed by atoms with Gasteiger partial charge < -0.3 is 15.4 Å². The Morgan fingerprint density at radius 3 is 2.83 bits per heavy atom. The molecule has 4 heteroatoms. The van der Waals surface area contributed by atoms with Crippen LogP contribution in [0.4, 0.5) is 0 Å². The molecule has 0 saturated carbocycles. The third-order valence-corrected chi connectivity index (χ3v) is 4.16. The van der Waals surface area contributed by atoms with Crippen LogP contribution in [0.2, 0.25) is 0 Å². The number of carbonyl (C=O) groups is 1. The smallest absolute Gasteiger partial charge is 0.241 e. The van der Waals surface area contributed by atoms with Crippen molar-refractivity contribution in [2.75, 3.05) is 20.2 Å². The quantitative estimate of drug-likeness (QED) is 0.860.